The van der Waals surface area contributed by atoms with Gasteiger partial charge in [-0.1, -0.05) is 30.3 Å². The molecule has 0 bridgehead atoms. The van der Waals surface area contributed by atoms with Gasteiger partial charge < -0.3 is 4.48 Å². The number of alkyl halides is 1. The number of unbranched alkanes of at least 4 members (excludes halogenated alkanes) is 2. The summed E-state index contributed by atoms with van der Waals surface area (Å²) in [5, 5.41) is 0. The van der Waals surface area contributed by atoms with Gasteiger partial charge in [0.15, 0.2) is 0 Å². The predicted molar refractivity (Wildman–Crippen MR) is 110 cm³/mol. The summed E-state index contributed by atoms with van der Waals surface area (Å²) in [7, 11) is 4.48. The Balaban J connectivity index is 2.11. The van der Waals surface area contributed by atoms with Gasteiger partial charge in [-0.15, -0.1) is 0 Å². The molecule has 0 saturated carbocycles. The standard InChI is InChI=1S/C21H25F2IN/c1-25(2,16-24)15-5-3-4-6-21(17-7-11-19(22)12-8-17)18-9-13-20(23)14-10-18/h6-14H,3-5,15-16H2,1-2H3/q+1. The van der Waals surface area contributed by atoms with Crippen molar-refractivity contribution in [1.29, 1.82) is 0 Å². The van der Waals surface area contributed by atoms with E-state index in [9.17, 15) is 8.78 Å². The van der Waals surface area contributed by atoms with Crippen LogP contribution in [0.5, 0.6) is 0 Å². The molecule has 0 heterocycles. The van der Waals surface area contributed by atoms with Gasteiger partial charge in [0.25, 0.3) is 0 Å². The maximum absolute atomic E-state index is 13.2. The third-order valence-electron chi connectivity index (χ3n) is 4.20. The highest BCUT2D eigenvalue weighted by atomic mass is 127. The molecule has 2 aromatic rings. The van der Waals surface area contributed by atoms with Gasteiger partial charge in [-0.2, -0.15) is 0 Å². The fourth-order valence-electron chi connectivity index (χ4n) is 2.65. The lowest BCUT2D eigenvalue weighted by Gasteiger charge is -2.26. The van der Waals surface area contributed by atoms with Crippen LogP contribution in [-0.2, 0) is 0 Å². The van der Waals surface area contributed by atoms with Crippen LogP contribution in [0.3, 0.4) is 0 Å². The first-order chi connectivity index (χ1) is 11.9. The van der Waals surface area contributed by atoms with Crippen molar-refractivity contribution in [2.75, 3.05) is 25.2 Å². The maximum atomic E-state index is 13.2. The second-order valence-electron chi connectivity index (χ2n) is 6.91. The zero-order valence-corrected chi connectivity index (χ0v) is 17.0. The molecule has 134 valence electrons. The van der Waals surface area contributed by atoms with Crippen molar-refractivity contribution in [3.8, 4) is 0 Å². The Bertz CT molecular complexity index is 643. The molecule has 0 spiro atoms. The molecular formula is C21H25F2IN+. The van der Waals surface area contributed by atoms with Crippen LogP contribution in [0, 0.1) is 11.6 Å². The summed E-state index contributed by atoms with van der Waals surface area (Å²) in [6.07, 6.45) is 5.40. The third kappa shape index (κ3) is 6.51. The number of hydrogen-bond donors (Lipinski definition) is 0. The highest BCUT2D eigenvalue weighted by Crippen LogP contribution is 2.25. The fourth-order valence-corrected chi connectivity index (χ4v) is 2.99. The molecule has 25 heavy (non-hydrogen) atoms. The van der Waals surface area contributed by atoms with Crippen LogP contribution in [0.25, 0.3) is 5.57 Å². The van der Waals surface area contributed by atoms with E-state index in [0.717, 1.165) is 51.5 Å². The fraction of sp³-hybridized carbons (Fsp3) is 0.333. The van der Waals surface area contributed by atoms with Crippen molar-refractivity contribution in [3.05, 3.63) is 77.4 Å². The van der Waals surface area contributed by atoms with E-state index in [2.05, 4.69) is 42.8 Å². The van der Waals surface area contributed by atoms with E-state index in [1.165, 1.54) is 24.3 Å². The number of nitrogens with zero attached hydrogens (tertiary/aromatic N) is 1. The number of rotatable bonds is 8. The van der Waals surface area contributed by atoms with Gasteiger partial charge in [-0.25, -0.2) is 8.78 Å². The van der Waals surface area contributed by atoms with Crippen LogP contribution in [0.1, 0.15) is 30.4 Å². The lowest BCUT2D eigenvalue weighted by Crippen LogP contribution is -2.38. The van der Waals surface area contributed by atoms with Crippen molar-refractivity contribution < 1.29 is 13.3 Å². The van der Waals surface area contributed by atoms with Crippen LogP contribution in [0.15, 0.2) is 54.6 Å². The van der Waals surface area contributed by atoms with Gasteiger partial charge in [0, 0.05) is 0 Å². The zero-order chi connectivity index (χ0) is 18.3. The average Bonchev–Trinajstić information content (AvgIpc) is 2.60. The highest BCUT2D eigenvalue weighted by molar-refractivity contribution is 14.1. The Hall–Kier alpha value is -1.27. The molecule has 1 nitrogen and oxygen atoms in total. The molecule has 0 aromatic heterocycles. The van der Waals surface area contributed by atoms with Crippen molar-refractivity contribution in [3.63, 3.8) is 0 Å². The van der Waals surface area contributed by atoms with Crippen LogP contribution in [-0.4, -0.2) is 29.7 Å². The molecule has 0 aliphatic rings. The van der Waals surface area contributed by atoms with Gasteiger partial charge in [-0.3, -0.25) is 0 Å². The summed E-state index contributed by atoms with van der Waals surface area (Å²) < 4.78 is 28.6. The zero-order valence-electron chi connectivity index (χ0n) is 14.8. The SMILES string of the molecule is C[N+](C)(CI)CCCCC=C(c1ccc(F)cc1)c1ccc(F)cc1. The molecule has 0 atom stereocenters. The summed E-state index contributed by atoms with van der Waals surface area (Å²) in [5.41, 5.74) is 2.94. The number of hydrogen-bond acceptors (Lipinski definition) is 0. The summed E-state index contributed by atoms with van der Waals surface area (Å²) in [4.78, 5) is 0. The molecule has 2 aromatic carbocycles. The highest BCUT2D eigenvalue weighted by Gasteiger charge is 2.11. The van der Waals surface area contributed by atoms with Crippen molar-refractivity contribution in [1.82, 2.24) is 0 Å². The molecule has 0 amide bonds. The first-order valence-corrected chi connectivity index (χ1v) is 10.0. The minimum atomic E-state index is -0.249. The van der Waals surface area contributed by atoms with Gasteiger partial charge in [0.2, 0.25) is 0 Å². The molecule has 0 radical (unpaired) electrons. The summed E-state index contributed by atoms with van der Waals surface area (Å²) in [5.74, 6) is -0.498. The number of allylic oxidation sites excluding steroid dienone is 1. The van der Waals surface area contributed by atoms with Crippen LogP contribution < -0.4 is 0 Å². The van der Waals surface area contributed by atoms with Crippen LogP contribution in [0.2, 0.25) is 0 Å². The first-order valence-electron chi connectivity index (χ1n) is 8.51. The van der Waals surface area contributed by atoms with Crippen LogP contribution >= 0.6 is 22.6 Å². The Kier molecular flexibility index (Phi) is 7.56. The van der Waals surface area contributed by atoms with E-state index in [1.54, 1.807) is 24.3 Å². The van der Waals surface area contributed by atoms with Gasteiger partial charge >= 0.3 is 0 Å². The lowest BCUT2D eigenvalue weighted by molar-refractivity contribution is -0.874. The second-order valence-corrected chi connectivity index (χ2v) is 7.59. The Morgan fingerprint density at radius 3 is 1.80 bits per heavy atom. The number of benzene rings is 2. The van der Waals surface area contributed by atoms with Crippen molar-refractivity contribution >= 4 is 28.2 Å². The van der Waals surface area contributed by atoms with E-state index >= 15 is 0 Å². The topological polar surface area (TPSA) is 0 Å². The van der Waals surface area contributed by atoms with E-state index in [4.69, 9.17) is 0 Å². The molecule has 0 unspecified atom stereocenters. The van der Waals surface area contributed by atoms with Gasteiger partial charge in [0.1, 0.15) is 16.2 Å². The number of quaternary nitrogens is 1. The monoisotopic (exact) mass is 456 g/mol. The van der Waals surface area contributed by atoms with E-state index < -0.39 is 0 Å². The lowest BCUT2D eigenvalue weighted by atomic mass is 9.96. The van der Waals surface area contributed by atoms with Gasteiger partial charge in [-0.05, 0) is 82.8 Å². The first kappa shape index (κ1) is 20.0. The van der Waals surface area contributed by atoms with Crippen molar-refractivity contribution in [2.45, 2.75) is 19.3 Å². The van der Waals surface area contributed by atoms with Crippen molar-refractivity contribution in [2.24, 2.45) is 0 Å². The average molecular weight is 456 g/mol. The Morgan fingerprint density at radius 2 is 1.36 bits per heavy atom. The van der Waals surface area contributed by atoms with E-state index in [-0.39, 0.29) is 11.6 Å². The Labute approximate surface area is 163 Å². The molecule has 0 N–H and O–H groups in total. The molecule has 0 fully saturated rings. The maximum Gasteiger partial charge on any atom is 0.129 e. The third-order valence-corrected chi connectivity index (χ3v) is 6.05. The molecule has 2 rings (SSSR count). The normalized spacial score (nSPS) is 11.4. The largest absolute Gasteiger partial charge is 0.320 e. The van der Waals surface area contributed by atoms with E-state index in [0.29, 0.717) is 0 Å². The molecule has 4 heteroatoms. The molecular weight excluding hydrogens is 431 g/mol. The molecule has 0 saturated heterocycles. The van der Waals surface area contributed by atoms with Gasteiger partial charge in [0.05, 0.1) is 20.6 Å². The summed E-state index contributed by atoms with van der Waals surface area (Å²) >= 11 is 2.42. The Morgan fingerprint density at radius 1 is 0.880 bits per heavy atom. The smallest absolute Gasteiger partial charge is 0.129 e. The number of halogens is 3. The molecule has 0 aliphatic carbocycles. The minimum Gasteiger partial charge on any atom is -0.320 e. The second kappa shape index (κ2) is 9.43. The summed E-state index contributed by atoms with van der Waals surface area (Å²) in [6, 6.07) is 13.0. The quantitative estimate of drug-likeness (QED) is 0.150. The summed E-state index contributed by atoms with van der Waals surface area (Å²) in [6.45, 7) is 1.15. The van der Waals surface area contributed by atoms with E-state index in [1.807, 2.05) is 0 Å². The predicted octanol–water partition coefficient (Wildman–Crippen LogP) is 6.04. The minimum absolute atomic E-state index is 0.249. The molecule has 0 aliphatic heterocycles. The van der Waals surface area contributed by atoms with Crippen LogP contribution in [0.4, 0.5) is 8.78 Å².